The molecule has 1 saturated heterocycles. The van der Waals surface area contributed by atoms with Crippen LogP contribution in [0.3, 0.4) is 0 Å². The van der Waals surface area contributed by atoms with E-state index in [2.05, 4.69) is 10.6 Å². The van der Waals surface area contributed by atoms with Crippen molar-refractivity contribution < 1.29 is 19.1 Å². The predicted octanol–water partition coefficient (Wildman–Crippen LogP) is 1.03. The number of imide groups is 1. The second-order valence-electron chi connectivity index (χ2n) is 5.66. The lowest BCUT2D eigenvalue weighted by Crippen LogP contribution is -2.41. The third kappa shape index (κ3) is 5.38. The number of carbonyl (C=O) groups is 3. The van der Waals surface area contributed by atoms with Crippen LogP contribution in [0.1, 0.15) is 12.0 Å². The molecule has 2 rings (SSSR count). The number of nitrogens with one attached hydrogen (secondary N) is 2. The van der Waals surface area contributed by atoms with Gasteiger partial charge in [0.05, 0.1) is 7.11 Å². The third-order valence-corrected chi connectivity index (χ3v) is 4.56. The summed E-state index contributed by atoms with van der Waals surface area (Å²) in [6.45, 7) is 0.188. The van der Waals surface area contributed by atoms with Crippen LogP contribution in [0, 0.1) is 0 Å². The molecule has 4 amide bonds. The molecule has 25 heavy (non-hydrogen) atoms. The molecule has 0 bridgehead atoms. The second kappa shape index (κ2) is 9.31. The van der Waals surface area contributed by atoms with Gasteiger partial charge in [-0.2, -0.15) is 11.8 Å². The second-order valence-corrected chi connectivity index (χ2v) is 6.64. The number of benzene rings is 1. The van der Waals surface area contributed by atoms with Gasteiger partial charge < -0.3 is 15.4 Å². The Bertz CT molecular complexity index is 621. The van der Waals surface area contributed by atoms with Gasteiger partial charge in [0.1, 0.15) is 18.3 Å². The largest absolute Gasteiger partial charge is 0.497 e. The normalized spacial score (nSPS) is 16.7. The topological polar surface area (TPSA) is 87.7 Å². The van der Waals surface area contributed by atoms with E-state index >= 15 is 0 Å². The highest BCUT2D eigenvalue weighted by Crippen LogP contribution is 2.12. The van der Waals surface area contributed by atoms with Crippen molar-refractivity contribution in [2.24, 2.45) is 0 Å². The van der Waals surface area contributed by atoms with Crippen molar-refractivity contribution in [1.82, 2.24) is 15.5 Å². The fourth-order valence-corrected chi connectivity index (χ4v) is 2.97. The zero-order valence-corrected chi connectivity index (χ0v) is 15.2. The van der Waals surface area contributed by atoms with E-state index in [1.165, 1.54) is 0 Å². The van der Waals surface area contributed by atoms with Crippen molar-refractivity contribution in [2.75, 3.05) is 32.2 Å². The Morgan fingerprint density at radius 3 is 2.68 bits per heavy atom. The van der Waals surface area contributed by atoms with Gasteiger partial charge in [-0.25, -0.2) is 4.79 Å². The highest BCUT2D eigenvalue weighted by atomic mass is 32.2. The van der Waals surface area contributed by atoms with E-state index in [1.54, 1.807) is 18.9 Å². The lowest BCUT2D eigenvalue weighted by atomic mass is 10.1. The summed E-state index contributed by atoms with van der Waals surface area (Å²) in [6.07, 6.45) is 3.17. The number of carbonyl (C=O) groups excluding carboxylic acids is 3. The maximum absolute atomic E-state index is 12.2. The molecule has 0 unspecified atom stereocenters. The first-order valence-electron chi connectivity index (χ1n) is 8.05. The van der Waals surface area contributed by atoms with Crippen LogP contribution in [0.2, 0.25) is 0 Å². The molecular formula is C17H23N3O4S. The molecule has 2 N–H and O–H groups in total. The fourth-order valence-electron chi connectivity index (χ4n) is 2.50. The molecule has 0 aromatic heterocycles. The van der Waals surface area contributed by atoms with Crippen molar-refractivity contribution in [1.29, 1.82) is 0 Å². The summed E-state index contributed by atoms with van der Waals surface area (Å²) in [7, 11) is 1.61. The van der Waals surface area contributed by atoms with Gasteiger partial charge >= 0.3 is 6.03 Å². The molecule has 1 heterocycles. The lowest BCUT2D eigenvalue weighted by Gasteiger charge is -2.13. The van der Waals surface area contributed by atoms with E-state index in [0.717, 1.165) is 22.0 Å². The van der Waals surface area contributed by atoms with E-state index in [1.807, 2.05) is 30.5 Å². The van der Waals surface area contributed by atoms with Crippen LogP contribution >= 0.6 is 11.8 Å². The zero-order chi connectivity index (χ0) is 18.2. The molecule has 1 aromatic carbocycles. The van der Waals surface area contributed by atoms with E-state index in [0.29, 0.717) is 19.4 Å². The van der Waals surface area contributed by atoms with E-state index in [4.69, 9.17) is 4.74 Å². The van der Waals surface area contributed by atoms with Crippen molar-refractivity contribution in [2.45, 2.75) is 18.9 Å². The minimum atomic E-state index is -0.521. The molecule has 1 fully saturated rings. The number of ether oxygens (including phenoxy) is 1. The maximum atomic E-state index is 12.2. The average molecular weight is 365 g/mol. The highest BCUT2D eigenvalue weighted by Gasteiger charge is 2.38. The van der Waals surface area contributed by atoms with Crippen LogP contribution in [0.15, 0.2) is 24.3 Å². The summed E-state index contributed by atoms with van der Waals surface area (Å²) in [5.41, 5.74) is 1.06. The minimum Gasteiger partial charge on any atom is -0.497 e. The lowest BCUT2D eigenvalue weighted by molar-refractivity contribution is -0.132. The third-order valence-electron chi connectivity index (χ3n) is 3.91. The molecular weight excluding hydrogens is 342 g/mol. The predicted molar refractivity (Wildman–Crippen MR) is 96.7 cm³/mol. The monoisotopic (exact) mass is 365 g/mol. The van der Waals surface area contributed by atoms with Gasteiger partial charge in [-0.05, 0) is 42.5 Å². The number of nitrogens with zero attached hydrogens (tertiary/aromatic N) is 1. The van der Waals surface area contributed by atoms with Crippen LogP contribution in [0.5, 0.6) is 5.75 Å². The van der Waals surface area contributed by atoms with E-state index < -0.39 is 12.1 Å². The Hall–Kier alpha value is -2.22. The summed E-state index contributed by atoms with van der Waals surface area (Å²) in [6, 6.07) is 6.56. The first-order valence-corrected chi connectivity index (χ1v) is 9.45. The van der Waals surface area contributed by atoms with Gasteiger partial charge in [0.2, 0.25) is 5.91 Å². The molecule has 0 aliphatic carbocycles. The first-order chi connectivity index (χ1) is 12.0. The van der Waals surface area contributed by atoms with Crippen molar-refractivity contribution in [3.8, 4) is 5.75 Å². The maximum Gasteiger partial charge on any atom is 0.325 e. The highest BCUT2D eigenvalue weighted by molar-refractivity contribution is 7.98. The number of methoxy groups -OCH3 is 1. The molecule has 1 aliphatic heterocycles. The van der Waals surface area contributed by atoms with E-state index in [-0.39, 0.29) is 18.4 Å². The van der Waals surface area contributed by atoms with Gasteiger partial charge in [-0.1, -0.05) is 12.1 Å². The molecule has 1 aliphatic rings. The Morgan fingerprint density at radius 2 is 2.04 bits per heavy atom. The standard InChI is InChI=1S/C17H23N3O4S/c1-24-13-5-3-12(4-6-13)7-9-18-15(21)11-20-16(22)14(8-10-25-2)19-17(20)23/h3-6,14H,7-11H2,1-2H3,(H,18,21)(H,19,23)/t14-/m1/s1. The molecule has 0 spiro atoms. The van der Waals surface area contributed by atoms with Gasteiger partial charge in [0.15, 0.2) is 0 Å². The Labute approximate surface area is 151 Å². The first kappa shape index (κ1) is 19.1. The summed E-state index contributed by atoms with van der Waals surface area (Å²) < 4.78 is 5.09. The minimum absolute atomic E-state index is 0.247. The zero-order valence-electron chi connectivity index (χ0n) is 14.4. The van der Waals surface area contributed by atoms with Crippen LogP contribution < -0.4 is 15.4 Å². The number of urea groups is 1. The summed E-state index contributed by atoms with van der Waals surface area (Å²) >= 11 is 1.61. The smallest absolute Gasteiger partial charge is 0.325 e. The summed E-state index contributed by atoms with van der Waals surface area (Å²) in [5, 5.41) is 5.36. The van der Waals surface area contributed by atoms with Crippen LogP contribution in [-0.4, -0.2) is 61.0 Å². The Morgan fingerprint density at radius 1 is 1.32 bits per heavy atom. The summed E-state index contributed by atoms with van der Waals surface area (Å²) in [5.74, 6) is 0.882. The van der Waals surface area contributed by atoms with Crippen molar-refractivity contribution in [3.05, 3.63) is 29.8 Å². The van der Waals surface area contributed by atoms with Gasteiger partial charge in [-0.3, -0.25) is 14.5 Å². The molecule has 1 aromatic rings. The Balaban J connectivity index is 1.75. The number of hydrogen-bond acceptors (Lipinski definition) is 5. The quantitative estimate of drug-likeness (QED) is 0.638. The van der Waals surface area contributed by atoms with E-state index in [9.17, 15) is 14.4 Å². The fraction of sp³-hybridized carbons (Fsp3) is 0.471. The van der Waals surface area contributed by atoms with Crippen LogP contribution in [-0.2, 0) is 16.0 Å². The van der Waals surface area contributed by atoms with Gasteiger partial charge in [0.25, 0.3) is 5.91 Å². The number of hydrogen-bond donors (Lipinski definition) is 2. The average Bonchev–Trinajstić information content (AvgIpc) is 2.88. The molecule has 0 radical (unpaired) electrons. The summed E-state index contributed by atoms with van der Waals surface area (Å²) in [4.78, 5) is 37.0. The van der Waals surface area contributed by atoms with Crippen LogP contribution in [0.4, 0.5) is 4.79 Å². The Kier molecular flexibility index (Phi) is 7.12. The SMILES string of the molecule is COc1ccc(CCNC(=O)CN2C(=O)N[C@H](CCSC)C2=O)cc1. The van der Waals surface area contributed by atoms with Gasteiger partial charge in [-0.15, -0.1) is 0 Å². The van der Waals surface area contributed by atoms with Crippen molar-refractivity contribution in [3.63, 3.8) is 0 Å². The molecule has 8 heteroatoms. The molecule has 136 valence electrons. The molecule has 7 nitrogen and oxygen atoms in total. The van der Waals surface area contributed by atoms with Gasteiger partial charge in [0, 0.05) is 6.54 Å². The number of amides is 4. The molecule has 1 atom stereocenters. The van der Waals surface area contributed by atoms with Crippen molar-refractivity contribution >= 4 is 29.6 Å². The molecule has 0 saturated carbocycles. The number of rotatable bonds is 9. The number of thioether (sulfide) groups is 1. The van der Waals surface area contributed by atoms with Crippen LogP contribution in [0.25, 0.3) is 0 Å².